The van der Waals surface area contributed by atoms with Crippen LogP contribution >= 0.6 is 0 Å². The van der Waals surface area contributed by atoms with Crippen LogP contribution in [0.1, 0.15) is 46.5 Å². The lowest BCUT2D eigenvalue weighted by atomic mass is 9.63. The molecule has 0 amide bonds. The topological polar surface area (TPSA) is 52.3 Å². The summed E-state index contributed by atoms with van der Waals surface area (Å²) in [6.45, 7) is 6.67. The van der Waals surface area contributed by atoms with Crippen LogP contribution in [-0.4, -0.2) is 18.6 Å². The average molecular weight is 213 g/mol. The highest BCUT2D eigenvalue weighted by Crippen LogP contribution is 2.44. The number of carbonyl (C=O) groups is 1. The maximum Gasteiger partial charge on any atom is 0.307 e. The third-order valence-corrected chi connectivity index (χ3v) is 3.81. The lowest BCUT2D eigenvalue weighted by Crippen LogP contribution is -2.52. The lowest BCUT2D eigenvalue weighted by molar-refractivity contribution is -0.143. The first-order chi connectivity index (χ1) is 6.79. The molecule has 1 fully saturated rings. The fourth-order valence-electron chi connectivity index (χ4n) is 2.56. The molecule has 0 aromatic carbocycles. The van der Waals surface area contributed by atoms with Crippen LogP contribution in [-0.2, 0) is 9.53 Å². The molecular weight excluding hydrogens is 190 g/mol. The van der Waals surface area contributed by atoms with E-state index in [0.29, 0.717) is 17.8 Å². The molecule has 1 aliphatic carbocycles. The van der Waals surface area contributed by atoms with Gasteiger partial charge in [0.05, 0.1) is 13.5 Å². The lowest BCUT2D eigenvalue weighted by Gasteiger charge is -2.45. The Morgan fingerprint density at radius 1 is 1.47 bits per heavy atom. The largest absolute Gasteiger partial charge is 0.469 e. The third-order valence-electron chi connectivity index (χ3n) is 3.81. The van der Waals surface area contributed by atoms with Crippen molar-refractivity contribution < 1.29 is 9.53 Å². The SMILES string of the molecule is COC(=O)CC1(N)CCC(C)(C)CC1C. The molecule has 0 radical (unpaired) electrons. The number of methoxy groups -OCH3 is 1. The molecule has 0 saturated heterocycles. The second-order valence-electron chi connectivity index (χ2n) is 5.76. The number of hydrogen-bond donors (Lipinski definition) is 1. The molecule has 1 aliphatic rings. The van der Waals surface area contributed by atoms with Crippen LogP contribution in [0.3, 0.4) is 0 Å². The zero-order valence-electron chi connectivity index (χ0n) is 10.3. The fraction of sp³-hybridized carbons (Fsp3) is 0.917. The molecule has 0 aromatic heterocycles. The monoisotopic (exact) mass is 213 g/mol. The number of hydrogen-bond acceptors (Lipinski definition) is 3. The van der Waals surface area contributed by atoms with Gasteiger partial charge >= 0.3 is 5.97 Å². The van der Waals surface area contributed by atoms with E-state index in [-0.39, 0.29) is 11.5 Å². The zero-order chi connectivity index (χ0) is 11.7. The van der Waals surface area contributed by atoms with Gasteiger partial charge in [0, 0.05) is 5.54 Å². The molecule has 3 heteroatoms. The van der Waals surface area contributed by atoms with Crippen molar-refractivity contribution in [2.75, 3.05) is 7.11 Å². The predicted octanol–water partition coefficient (Wildman–Crippen LogP) is 2.09. The van der Waals surface area contributed by atoms with E-state index < -0.39 is 0 Å². The quantitative estimate of drug-likeness (QED) is 0.715. The van der Waals surface area contributed by atoms with Crippen LogP contribution in [0, 0.1) is 11.3 Å². The van der Waals surface area contributed by atoms with Crippen molar-refractivity contribution in [3.05, 3.63) is 0 Å². The average Bonchev–Trinajstić information content (AvgIpc) is 2.12. The Morgan fingerprint density at radius 2 is 2.07 bits per heavy atom. The van der Waals surface area contributed by atoms with Gasteiger partial charge in [-0.05, 0) is 30.6 Å². The zero-order valence-corrected chi connectivity index (χ0v) is 10.3. The number of carbonyl (C=O) groups excluding carboxylic acids is 1. The van der Waals surface area contributed by atoms with Gasteiger partial charge in [0.25, 0.3) is 0 Å². The summed E-state index contributed by atoms with van der Waals surface area (Å²) < 4.78 is 4.70. The second-order valence-corrected chi connectivity index (χ2v) is 5.76. The van der Waals surface area contributed by atoms with Crippen molar-refractivity contribution in [3.63, 3.8) is 0 Å². The van der Waals surface area contributed by atoms with Crippen molar-refractivity contribution in [3.8, 4) is 0 Å². The Bertz CT molecular complexity index is 250. The van der Waals surface area contributed by atoms with E-state index in [4.69, 9.17) is 10.5 Å². The summed E-state index contributed by atoms with van der Waals surface area (Å²) in [6, 6.07) is 0. The molecule has 2 N–H and O–H groups in total. The number of esters is 1. The van der Waals surface area contributed by atoms with Crippen LogP contribution in [0.15, 0.2) is 0 Å². The molecule has 3 nitrogen and oxygen atoms in total. The van der Waals surface area contributed by atoms with Crippen LogP contribution in [0.4, 0.5) is 0 Å². The van der Waals surface area contributed by atoms with E-state index in [0.717, 1.165) is 19.3 Å². The van der Waals surface area contributed by atoms with E-state index >= 15 is 0 Å². The van der Waals surface area contributed by atoms with Crippen molar-refractivity contribution >= 4 is 5.97 Å². The summed E-state index contributed by atoms with van der Waals surface area (Å²) in [5.41, 5.74) is 6.30. The minimum atomic E-state index is -0.359. The highest BCUT2D eigenvalue weighted by molar-refractivity contribution is 5.70. The molecule has 2 unspecified atom stereocenters. The molecule has 1 saturated carbocycles. The summed E-state index contributed by atoms with van der Waals surface area (Å²) in [4.78, 5) is 11.3. The van der Waals surface area contributed by atoms with Crippen molar-refractivity contribution in [1.82, 2.24) is 0 Å². The first-order valence-electron chi connectivity index (χ1n) is 5.65. The number of ether oxygens (including phenoxy) is 1. The predicted molar refractivity (Wildman–Crippen MR) is 60.3 cm³/mol. The van der Waals surface area contributed by atoms with E-state index in [9.17, 15) is 4.79 Å². The van der Waals surface area contributed by atoms with Crippen LogP contribution in [0.2, 0.25) is 0 Å². The van der Waals surface area contributed by atoms with Crippen molar-refractivity contribution in [2.24, 2.45) is 17.1 Å². The fourth-order valence-corrected chi connectivity index (χ4v) is 2.56. The summed E-state index contributed by atoms with van der Waals surface area (Å²) >= 11 is 0. The van der Waals surface area contributed by atoms with Crippen molar-refractivity contribution in [2.45, 2.75) is 52.0 Å². The maximum atomic E-state index is 11.3. The number of nitrogens with two attached hydrogens (primary N) is 1. The van der Waals surface area contributed by atoms with Gasteiger partial charge in [-0.3, -0.25) is 4.79 Å². The van der Waals surface area contributed by atoms with E-state index in [2.05, 4.69) is 20.8 Å². The Kier molecular flexibility index (Phi) is 3.44. The third kappa shape index (κ3) is 2.94. The number of rotatable bonds is 2. The highest BCUT2D eigenvalue weighted by atomic mass is 16.5. The summed E-state index contributed by atoms with van der Waals surface area (Å²) in [6.07, 6.45) is 3.43. The molecule has 2 atom stereocenters. The molecule has 88 valence electrons. The molecular formula is C12H23NO2. The smallest absolute Gasteiger partial charge is 0.307 e. The Hall–Kier alpha value is -0.570. The van der Waals surface area contributed by atoms with Gasteiger partial charge in [-0.15, -0.1) is 0 Å². The van der Waals surface area contributed by atoms with E-state index in [1.807, 2.05) is 0 Å². The van der Waals surface area contributed by atoms with Crippen LogP contribution < -0.4 is 5.73 Å². The molecule has 0 aromatic rings. The minimum absolute atomic E-state index is 0.191. The van der Waals surface area contributed by atoms with Gasteiger partial charge in [0.15, 0.2) is 0 Å². The van der Waals surface area contributed by atoms with Gasteiger partial charge < -0.3 is 10.5 Å². The van der Waals surface area contributed by atoms with Gasteiger partial charge in [-0.1, -0.05) is 20.8 Å². The minimum Gasteiger partial charge on any atom is -0.469 e. The molecule has 1 rings (SSSR count). The highest BCUT2D eigenvalue weighted by Gasteiger charge is 2.42. The summed E-state index contributed by atoms with van der Waals surface area (Å²) in [7, 11) is 1.42. The maximum absolute atomic E-state index is 11.3. The molecule has 15 heavy (non-hydrogen) atoms. The first kappa shape index (κ1) is 12.5. The van der Waals surface area contributed by atoms with Gasteiger partial charge in [-0.25, -0.2) is 0 Å². The molecule has 0 bridgehead atoms. The second kappa shape index (κ2) is 4.12. The Labute approximate surface area is 92.4 Å². The first-order valence-corrected chi connectivity index (χ1v) is 5.65. The van der Waals surface area contributed by atoms with Crippen molar-refractivity contribution in [1.29, 1.82) is 0 Å². The van der Waals surface area contributed by atoms with E-state index in [1.54, 1.807) is 0 Å². The van der Waals surface area contributed by atoms with Crippen LogP contribution in [0.5, 0.6) is 0 Å². The molecule has 0 heterocycles. The van der Waals surface area contributed by atoms with Crippen LogP contribution in [0.25, 0.3) is 0 Å². The Balaban J connectivity index is 2.66. The summed E-state index contributed by atoms with van der Waals surface area (Å²) in [5, 5.41) is 0. The standard InChI is InChI=1S/C12H23NO2/c1-9-7-11(2,3)5-6-12(9,13)8-10(14)15-4/h9H,5-8,13H2,1-4H3. The van der Waals surface area contributed by atoms with Gasteiger partial charge in [0.1, 0.15) is 0 Å². The molecule has 0 spiro atoms. The Morgan fingerprint density at radius 3 is 2.53 bits per heavy atom. The van der Waals surface area contributed by atoms with E-state index in [1.165, 1.54) is 7.11 Å². The normalized spacial score (nSPS) is 34.9. The summed E-state index contributed by atoms with van der Waals surface area (Å²) in [5.74, 6) is 0.185. The van der Waals surface area contributed by atoms with Gasteiger partial charge in [-0.2, -0.15) is 0 Å². The van der Waals surface area contributed by atoms with Gasteiger partial charge in [0.2, 0.25) is 0 Å². The molecule has 0 aliphatic heterocycles.